The van der Waals surface area contributed by atoms with Crippen molar-refractivity contribution in [3.63, 3.8) is 0 Å². The van der Waals surface area contributed by atoms with Crippen molar-refractivity contribution >= 4 is 40.5 Å². The molecule has 0 aromatic carbocycles. The number of ether oxygens (including phenoxy) is 1. The van der Waals surface area contributed by atoms with E-state index in [-0.39, 0.29) is 5.15 Å². The number of carbonyl (C=O) groups excluding carboxylic acids is 2. The Balaban J connectivity index is 2.02. The number of nitrogens with zero attached hydrogens (tertiary/aromatic N) is 1. The first-order valence-electron chi connectivity index (χ1n) is 8.20. The molecule has 0 aliphatic heterocycles. The Kier molecular flexibility index (Phi) is 6.96. The van der Waals surface area contributed by atoms with Gasteiger partial charge in [0.25, 0.3) is 5.91 Å². The van der Waals surface area contributed by atoms with Gasteiger partial charge in [-0.25, -0.2) is 9.78 Å². The summed E-state index contributed by atoms with van der Waals surface area (Å²) in [4.78, 5) is 30.1. The molecule has 1 N–H and O–H groups in total. The van der Waals surface area contributed by atoms with E-state index in [0.717, 1.165) is 24.8 Å². The minimum Gasteiger partial charge on any atom is -0.448 e. The number of anilines is 1. The molecule has 0 aliphatic carbocycles. The third-order valence-corrected chi connectivity index (χ3v) is 5.14. The molecule has 2 heterocycles. The van der Waals surface area contributed by atoms with Crippen molar-refractivity contribution in [1.82, 2.24) is 4.98 Å². The number of pyridine rings is 1. The summed E-state index contributed by atoms with van der Waals surface area (Å²) in [6.45, 7) is 5.69. The molecule has 7 heteroatoms. The minimum atomic E-state index is -0.939. The Morgan fingerprint density at radius 1 is 1.40 bits per heavy atom. The summed E-state index contributed by atoms with van der Waals surface area (Å²) < 4.78 is 5.30. The molecule has 0 radical (unpaired) electrons. The van der Waals surface area contributed by atoms with Crippen LogP contribution in [0.25, 0.3) is 0 Å². The van der Waals surface area contributed by atoms with Gasteiger partial charge in [-0.15, -0.1) is 11.3 Å². The van der Waals surface area contributed by atoms with Crippen molar-refractivity contribution in [3.05, 3.63) is 44.9 Å². The average molecular weight is 381 g/mol. The molecule has 0 fully saturated rings. The summed E-state index contributed by atoms with van der Waals surface area (Å²) in [7, 11) is 0. The number of esters is 1. The van der Waals surface area contributed by atoms with Crippen LogP contribution in [-0.2, 0) is 22.4 Å². The lowest BCUT2D eigenvalue weighted by Crippen LogP contribution is -2.29. The summed E-state index contributed by atoms with van der Waals surface area (Å²) in [6.07, 6.45) is 3.42. The first-order valence-corrected chi connectivity index (χ1v) is 9.39. The van der Waals surface area contributed by atoms with Crippen molar-refractivity contribution in [3.8, 4) is 0 Å². The lowest BCUT2D eigenvalue weighted by molar-refractivity contribution is -0.123. The number of thiophene rings is 1. The van der Waals surface area contributed by atoms with E-state index < -0.39 is 18.0 Å². The van der Waals surface area contributed by atoms with Crippen molar-refractivity contribution in [2.24, 2.45) is 0 Å². The zero-order chi connectivity index (χ0) is 18.4. The molecular weight excluding hydrogens is 360 g/mol. The van der Waals surface area contributed by atoms with Gasteiger partial charge in [0.05, 0.1) is 5.69 Å². The van der Waals surface area contributed by atoms with Gasteiger partial charge in [0.15, 0.2) is 11.3 Å². The molecule has 0 bridgehead atoms. The van der Waals surface area contributed by atoms with Gasteiger partial charge in [-0.3, -0.25) is 4.79 Å². The quantitative estimate of drug-likeness (QED) is 0.567. The van der Waals surface area contributed by atoms with Crippen LogP contribution < -0.4 is 5.32 Å². The van der Waals surface area contributed by atoms with Gasteiger partial charge >= 0.3 is 5.97 Å². The maximum Gasteiger partial charge on any atom is 0.349 e. The van der Waals surface area contributed by atoms with E-state index in [1.165, 1.54) is 29.3 Å². The zero-order valence-electron chi connectivity index (χ0n) is 14.5. The molecule has 0 saturated carbocycles. The SMILES string of the molecule is CCCc1sc(C(=O)O[C@H](C)C(=O)Nc2cccnc2Cl)cc1CC. The van der Waals surface area contributed by atoms with Crippen LogP contribution in [0.15, 0.2) is 24.4 Å². The standard InChI is InChI=1S/C18H21ClN2O3S/c1-4-7-14-12(5-2)10-15(25-14)18(23)24-11(3)17(22)21-13-8-6-9-20-16(13)19/h6,8-11H,4-5,7H2,1-3H3,(H,21,22)/t11-/m1/s1. The summed E-state index contributed by atoms with van der Waals surface area (Å²) in [5.74, 6) is -0.939. The monoisotopic (exact) mass is 380 g/mol. The van der Waals surface area contributed by atoms with E-state index in [1.54, 1.807) is 12.1 Å². The van der Waals surface area contributed by atoms with Crippen LogP contribution in [0.4, 0.5) is 5.69 Å². The number of rotatable bonds is 7. The van der Waals surface area contributed by atoms with Crippen molar-refractivity contribution in [2.45, 2.75) is 46.1 Å². The first kappa shape index (κ1) is 19.4. The fourth-order valence-electron chi connectivity index (χ4n) is 2.29. The molecule has 2 aromatic rings. The highest BCUT2D eigenvalue weighted by Crippen LogP contribution is 2.26. The fourth-order valence-corrected chi connectivity index (χ4v) is 3.70. The molecule has 2 rings (SSSR count). The number of hydrogen-bond donors (Lipinski definition) is 1. The summed E-state index contributed by atoms with van der Waals surface area (Å²) >= 11 is 7.35. The lowest BCUT2D eigenvalue weighted by atomic mass is 10.1. The molecule has 0 aliphatic rings. The Labute approximate surface area is 156 Å². The molecule has 1 atom stereocenters. The first-order chi connectivity index (χ1) is 12.0. The van der Waals surface area contributed by atoms with E-state index in [4.69, 9.17) is 16.3 Å². The molecule has 0 spiro atoms. The number of aromatic nitrogens is 1. The van der Waals surface area contributed by atoms with E-state index in [1.807, 2.05) is 6.07 Å². The smallest absolute Gasteiger partial charge is 0.349 e. The zero-order valence-corrected chi connectivity index (χ0v) is 16.0. The van der Waals surface area contributed by atoms with E-state index in [9.17, 15) is 9.59 Å². The molecule has 0 unspecified atom stereocenters. The van der Waals surface area contributed by atoms with Gasteiger partial charge in [-0.2, -0.15) is 0 Å². The average Bonchev–Trinajstić information content (AvgIpc) is 3.00. The van der Waals surface area contributed by atoms with Gasteiger partial charge in [0.2, 0.25) is 0 Å². The number of halogens is 1. The third-order valence-electron chi connectivity index (χ3n) is 3.63. The molecule has 134 valence electrons. The highest BCUT2D eigenvalue weighted by molar-refractivity contribution is 7.14. The second-order valence-electron chi connectivity index (χ2n) is 5.54. The van der Waals surface area contributed by atoms with Gasteiger partial charge in [-0.1, -0.05) is 31.9 Å². The maximum absolute atomic E-state index is 12.3. The number of amides is 1. The van der Waals surface area contributed by atoms with Crippen LogP contribution in [0.5, 0.6) is 0 Å². The number of aryl methyl sites for hydroxylation is 2. The normalized spacial score (nSPS) is 11.8. The van der Waals surface area contributed by atoms with Crippen molar-refractivity contribution in [2.75, 3.05) is 5.32 Å². The molecule has 2 aromatic heterocycles. The van der Waals surface area contributed by atoms with Gasteiger partial charge in [-0.05, 0) is 43.5 Å². The van der Waals surface area contributed by atoms with E-state index in [2.05, 4.69) is 24.1 Å². The predicted octanol–water partition coefficient (Wildman–Crippen LogP) is 4.50. The molecule has 0 saturated heterocycles. The third kappa shape index (κ3) is 5.03. The van der Waals surface area contributed by atoms with Crippen molar-refractivity contribution in [1.29, 1.82) is 0 Å². The van der Waals surface area contributed by atoms with Gasteiger partial charge in [0.1, 0.15) is 4.88 Å². The Morgan fingerprint density at radius 3 is 2.80 bits per heavy atom. The molecule has 1 amide bonds. The fraction of sp³-hybridized carbons (Fsp3) is 0.389. The van der Waals surface area contributed by atoms with Crippen LogP contribution in [0, 0.1) is 0 Å². The number of carbonyl (C=O) groups is 2. The van der Waals surface area contributed by atoms with Crippen LogP contribution in [0.2, 0.25) is 5.15 Å². The van der Waals surface area contributed by atoms with Crippen molar-refractivity contribution < 1.29 is 14.3 Å². The Hall–Kier alpha value is -1.92. The summed E-state index contributed by atoms with van der Waals surface area (Å²) in [5, 5.41) is 2.79. The summed E-state index contributed by atoms with van der Waals surface area (Å²) in [6, 6.07) is 5.15. The van der Waals surface area contributed by atoms with Crippen LogP contribution >= 0.6 is 22.9 Å². The van der Waals surface area contributed by atoms with Gasteiger partial charge in [0, 0.05) is 11.1 Å². The van der Waals surface area contributed by atoms with Crippen LogP contribution in [0.3, 0.4) is 0 Å². The van der Waals surface area contributed by atoms with Gasteiger partial charge < -0.3 is 10.1 Å². The maximum atomic E-state index is 12.3. The van der Waals surface area contributed by atoms with Crippen LogP contribution in [0.1, 0.15) is 47.3 Å². The topological polar surface area (TPSA) is 68.3 Å². The van der Waals surface area contributed by atoms with E-state index >= 15 is 0 Å². The molecule has 5 nitrogen and oxygen atoms in total. The highest BCUT2D eigenvalue weighted by atomic mass is 35.5. The molecule has 25 heavy (non-hydrogen) atoms. The largest absolute Gasteiger partial charge is 0.448 e. The predicted molar refractivity (Wildman–Crippen MR) is 100 cm³/mol. The summed E-state index contributed by atoms with van der Waals surface area (Å²) in [5.41, 5.74) is 1.55. The Morgan fingerprint density at radius 2 is 2.16 bits per heavy atom. The minimum absolute atomic E-state index is 0.185. The Bertz CT molecular complexity index is 761. The van der Waals surface area contributed by atoms with E-state index in [0.29, 0.717) is 10.6 Å². The second kappa shape index (κ2) is 8.97. The number of nitrogens with one attached hydrogen (secondary N) is 1. The highest BCUT2D eigenvalue weighted by Gasteiger charge is 2.22. The van der Waals surface area contributed by atoms with Crippen LogP contribution in [-0.4, -0.2) is 23.0 Å². The number of hydrogen-bond acceptors (Lipinski definition) is 5. The second-order valence-corrected chi connectivity index (χ2v) is 7.04. The molecular formula is C18H21ClN2O3S. The lowest BCUT2D eigenvalue weighted by Gasteiger charge is -2.13.